The topological polar surface area (TPSA) is 50.1 Å². The van der Waals surface area contributed by atoms with Crippen LogP contribution in [-0.2, 0) is 13.6 Å². The van der Waals surface area contributed by atoms with Gasteiger partial charge in [-0.1, -0.05) is 44.2 Å². The first-order valence-electron chi connectivity index (χ1n) is 7.59. The molecule has 0 saturated carbocycles. The van der Waals surface area contributed by atoms with E-state index in [1.54, 1.807) is 0 Å². The number of hydrogen-bond acceptors (Lipinski definition) is 3. The lowest BCUT2D eigenvalue weighted by Gasteiger charge is -2.25. The van der Waals surface area contributed by atoms with Crippen LogP contribution in [0, 0.1) is 0 Å². The maximum absolute atomic E-state index is 10.3. The first-order chi connectivity index (χ1) is 10.1. The molecule has 0 aliphatic heterocycles. The van der Waals surface area contributed by atoms with E-state index in [9.17, 15) is 5.11 Å². The highest BCUT2D eigenvalue weighted by Crippen LogP contribution is 2.21. The number of aromatic nitrogens is 2. The highest BCUT2D eigenvalue weighted by atomic mass is 16.3. The summed E-state index contributed by atoms with van der Waals surface area (Å²) in [6.07, 6.45) is 3.55. The van der Waals surface area contributed by atoms with E-state index in [0.29, 0.717) is 13.1 Å². The van der Waals surface area contributed by atoms with Crippen LogP contribution in [0.3, 0.4) is 0 Å². The van der Waals surface area contributed by atoms with Gasteiger partial charge in [0.2, 0.25) is 0 Å². The van der Waals surface area contributed by atoms with Gasteiger partial charge < -0.3 is 10.4 Å². The zero-order valence-corrected chi connectivity index (χ0v) is 13.1. The molecule has 0 aliphatic carbocycles. The Morgan fingerprint density at radius 3 is 2.48 bits per heavy atom. The van der Waals surface area contributed by atoms with Crippen LogP contribution in [0.15, 0.2) is 36.5 Å². The Hall–Kier alpha value is -1.65. The van der Waals surface area contributed by atoms with Crippen LogP contribution in [0.2, 0.25) is 0 Å². The number of nitrogens with one attached hydrogen (secondary N) is 1. The van der Waals surface area contributed by atoms with Crippen molar-refractivity contribution in [3.8, 4) is 11.3 Å². The van der Waals surface area contributed by atoms with Crippen molar-refractivity contribution in [3.05, 3.63) is 42.1 Å². The lowest BCUT2D eigenvalue weighted by molar-refractivity contribution is 0.0323. The summed E-state index contributed by atoms with van der Waals surface area (Å²) in [5, 5.41) is 18.2. The van der Waals surface area contributed by atoms with Crippen molar-refractivity contribution in [2.45, 2.75) is 38.8 Å². The summed E-state index contributed by atoms with van der Waals surface area (Å²) >= 11 is 0. The van der Waals surface area contributed by atoms with Crippen LogP contribution in [0.25, 0.3) is 11.3 Å². The zero-order valence-electron chi connectivity index (χ0n) is 13.1. The van der Waals surface area contributed by atoms with Gasteiger partial charge in [0.1, 0.15) is 0 Å². The van der Waals surface area contributed by atoms with Crippen molar-refractivity contribution in [3.63, 3.8) is 0 Å². The number of rotatable bonds is 7. The maximum atomic E-state index is 10.3. The van der Waals surface area contributed by atoms with Gasteiger partial charge in [0, 0.05) is 37.5 Å². The van der Waals surface area contributed by atoms with Crippen LogP contribution in [-0.4, -0.2) is 27.0 Å². The fraction of sp³-hybridized carbons (Fsp3) is 0.471. The summed E-state index contributed by atoms with van der Waals surface area (Å²) in [5.74, 6) is 0. The summed E-state index contributed by atoms with van der Waals surface area (Å²) in [6.45, 7) is 5.35. The molecule has 114 valence electrons. The number of nitrogens with zero attached hydrogens (tertiary/aromatic N) is 2. The van der Waals surface area contributed by atoms with E-state index >= 15 is 0 Å². The summed E-state index contributed by atoms with van der Waals surface area (Å²) < 4.78 is 1.84. The summed E-state index contributed by atoms with van der Waals surface area (Å²) in [5.41, 5.74) is 2.66. The van der Waals surface area contributed by atoms with Crippen LogP contribution in [0.5, 0.6) is 0 Å². The third-order valence-electron chi connectivity index (χ3n) is 4.04. The third-order valence-corrected chi connectivity index (χ3v) is 4.04. The van der Waals surface area contributed by atoms with Crippen molar-refractivity contribution >= 4 is 0 Å². The minimum Gasteiger partial charge on any atom is -0.389 e. The van der Waals surface area contributed by atoms with Gasteiger partial charge in [-0.3, -0.25) is 4.68 Å². The molecule has 2 rings (SSSR count). The Morgan fingerprint density at radius 1 is 1.19 bits per heavy atom. The molecule has 4 heteroatoms. The number of benzene rings is 1. The zero-order chi connectivity index (χ0) is 15.3. The molecule has 4 nitrogen and oxygen atoms in total. The Balaban J connectivity index is 2.08. The third kappa shape index (κ3) is 3.93. The fourth-order valence-corrected chi connectivity index (χ4v) is 2.44. The highest BCUT2D eigenvalue weighted by Gasteiger charge is 2.21. The van der Waals surface area contributed by atoms with E-state index in [-0.39, 0.29) is 0 Å². The lowest BCUT2D eigenvalue weighted by atomic mass is 9.97. The van der Waals surface area contributed by atoms with Crippen molar-refractivity contribution in [1.29, 1.82) is 0 Å². The molecule has 21 heavy (non-hydrogen) atoms. The Kier molecular flexibility index (Phi) is 5.15. The summed E-state index contributed by atoms with van der Waals surface area (Å²) in [6, 6.07) is 10.2. The molecule has 0 unspecified atom stereocenters. The minimum absolute atomic E-state index is 0.600. The van der Waals surface area contributed by atoms with E-state index in [1.807, 2.05) is 50.0 Å². The predicted octanol–water partition coefficient (Wildman–Crippen LogP) is 2.73. The first-order valence-corrected chi connectivity index (χ1v) is 7.59. The van der Waals surface area contributed by atoms with Crippen molar-refractivity contribution in [2.24, 2.45) is 7.05 Å². The molecule has 0 bridgehead atoms. The van der Waals surface area contributed by atoms with Crippen molar-refractivity contribution in [2.75, 3.05) is 6.54 Å². The van der Waals surface area contributed by atoms with Gasteiger partial charge in [0.15, 0.2) is 0 Å². The molecule has 0 amide bonds. The van der Waals surface area contributed by atoms with Crippen LogP contribution in [0.4, 0.5) is 0 Å². The van der Waals surface area contributed by atoms with Gasteiger partial charge in [-0.2, -0.15) is 5.10 Å². The monoisotopic (exact) mass is 287 g/mol. The van der Waals surface area contributed by atoms with E-state index in [1.165, 1.54) is 0 Å². The summed E-state index contributed by atoms with van der Waals surface area (Å²) in [7, 11) is 1.93. The number of hydrogen-bond donors (Lipinski definition) is 2. The molecule has 0 fully saturated rings. The second kappa shape index (κ2) is 6.87. The van der Waals surface area contributed by atoms with Crippen LogP contribution in [0.1, 0.15) is 32.3 Å². The van der Waals surface area contributed by atoms with Gasteiger partial charge in [-0.15, -0.1) is 0 Å². The molecular weight excluding hydrogens is 262 g/mol. The van der Waals surface area contributed by atoms with Crippen LogP contribution >= 0.6 is 0 Å². The smallest absolute Gasteiger partial charge is 0.0967 e. The van der Waals surface area contributed by atoms with Crippen molar-refractivity contribution < 1.29 is 5.11 Å². The van der Waals surface area contributed by atoms with Gasteiger partial charge in [-0.25, -0.2) is 0 Å². The van der Waals surface area contributed by atoms with Crippen molar-refractivity contribution in [1.82, 2.24) is 15.1 Å². The average Bonchev–Trinajstić information content (AvgIpc) is 2.89. The van der Waals surface area contributed by atoms with Gasteiger partial charge in [0.25, 0.3) is 0 Å². The second-order valence-electron chi connectivity index (χ2n) is 5.58. The van der Waals surface area contributed by atoms with Crippen LogP contribution < -0.4 is 5.32 Å². The SMILES string of the molecule is CCC(O)(CC)CNCc1cn(C)nc1-c1ccccc1. The largest absolute Gasteiger partial charge is 0.389 e. The molecule has 0 radical (unpaired) electrons. The number of aryl methyl sites for hydroxylation is 1. The fourth-order valence-electron chi connectivity index (χ4n) is 2.44. The highest BCUT2D eigenvalue weighted by molar-refractivity contribution is 5.62. The standard InChI is InChI=1S/C17H25N3O/c1-4-17(21,5-2)13-18-11-15-12-20(3)19-16(15)14-9-7-6-8-10-14/h6-10,12,18,21H,4-5,11,13H2,1-3H3. The minimum atomic E-state index is -0.616. The van der Waals surface area contributed by atoms with E-state index < -0.39 is 5.60 Å². The van der Waals surface area contributed by atoms with E-state index in [2.05, 4.69) is 22.5 Å². The molecular formula is C17H25N3O. The van der Waals surface area contributed by atoms with Gasteiger partial charge in [-0.05, 0) is 12.8 Å². The molecule has 2 N–H and O–H groups in total. The van der Waals surface area contributed by atoms with E-state index in [4.69, 9.17) is 0 Å². The van der Waals surface area contributed by atoms with Gasteiger partial charge >= 0.3 is 0 Å². The molecule has 2 aromatic rings. The molecule has 1 heterocycles. The quantitative estimate of drug-likeness (QED) is 0.823. The Morgan fingerprint density at radius 2 is 1.86 bits per heavy atom. The molecule has 1 aromatic heterocycles. The van der Waals surface area contributed by atoms with Gasteiger partial charge in [0.05, 0.1) is 11.3 Å². The predicted molar refractivity (Wildman–Crippen MR) is 85.9 cm³/mol. The number of aliphatic hydroxyl groups is 1. The molecule has 0 saturated heterocycles. The molecule has 1 aromatic carbocycles. The lowest BCUT2D eigenvalue weighted by Crippen LogP contribution is -2.39. The molecule has 0 spiro atoms. The second-order valence-corrected chi connectivity index (χ2v) is 5.58. The van der Waals surface area contributed by atoms with E-state index in [0.717, 1.165) is 29.7 Å². The molecule has 0 aliphatic rings. The molecule has 0 atom stereocenters. The average molecular weight is 287 g/mol. The summed E-state index contributed by atoms with van der Waals surface area (Å²) in [4.78, 5) is 0. The first kappa shape index (κ1) is 15.7. The normalized spacial score (nSPS) is 11.8. The Bertz CT molecular complexity index is 559. The Labute approximate surface area is 126 Å². The maximum Gasteiger partial charge on any atom is 0.0967 e.